The number of aromatic nitrogens is 2. The largest absolute Gasteiger partial charge is 0.497 e. The van der Waals surface area contributed by atoms with Gasteiger partial charge in [-0.1, -0.05) is 0 Å². The number of rotatable bonds is 7. The molecule has 1 aliphatic heterocycles. The number of nitrogens with zero attached hydrogens (tertiary/aromatic N) is 4. The van der Waals surface area contributed by atoms with Gasteiger partial charge in [0.05, 0.1) is 25.0 Å². The van der Waals surface area contributed by atoms with Crippen molar-refractivity contribution >= 4 is 29.9 Å². The lowest BCUT2D eigenvalue weighted by Gasteiger charge is -2.26. The molecular formula is C21H32IN5O2. The third-order valence-corrected chi connectivity index (χ3v) is 5.20. The molecule has 8 heteroatoms. The average molecular weight is 513 g/mol. The first-order valence-electron chi connectivity index (χ1n) is 9.88. The molecule has 3 rings (SSSR count). The van der Waals surface area contributed by atoms with Crippen LogP contribution in [0, 0.1) is 5.92 Å². The second-order valence-corrected chi connectivity index (χ2v) is 7.12. The monoisotopic (exact) mass is 513 g/mol. The topological polar surface area (TPSA) is 63.9 Å². The number of hydrogen-bond donors (Lipinski definition) is 1. The Bertz CT molecular complexity index is 757. The Morgan fingerprint density at radius 3 is 2.66 bits per heavy atom. The zero-order chi connectivity index (χ0) is 19.8. The summed E-state index contributed by atoms with van der Waals surface area (Å²) in [5, 5.41) is 8.06. The first kappa shape index (κ1) is 23.5. The molecule has 29 heavy (non-hydrogen) atoms. The van der Waals surface area contributed by atoms with E-state index >= 15 is 0 Å². The molecule has 0 radical (unpaired) electrons. The van der Waals surface area contributed by atoms with Crippen molar-refractivity contribution in [3.05, 3.63) is 42.2 Å². The first-order chi connectivity index (χ1) is 13.7. The van der Waals surface area contributed by atoms with Crippen molar-refractivity contribution in [2.45, 2.75) is 25.8 Å². The number of hydrogen-bond acceptors (Lipinski definition) is 4. The van der Waals surface area contributed by atoms with Gasteiger partial charge in [-0.2, -0.15) is 5.10 Å². The summed E-state index contributed by atoms with van der Waals surface area (Å²) in [6.45, 7) is 3.43. The molecule has 1 fully saturated rings. The van der Waals surface area contributed by atoms with E-state index in [1.807, 2.05) is 48.3 Å². The van der Waals surface area contributed by atoms with E-state index in [9.17, 15) is 0 Å². The standard InChI is InChI=1S/C21H31N5O2.HI/c1-22-21(25(2)12-8-17-10-14-28-15-11-17)23-16-18-9-13-26(24-18)19-4-6-20(27-3)7-5-19;/h4-7,9,13,17H,8,10-12,14-16H2,1-3H3,(H,22,23);1H. The van der Waals surface area contributed by atoms with Gasteiger partial charge in [-0.3, -0.25) is 4.99 Å². The fourth-order valence-electron chi connectivity index (χ4n) is 3.41. The number of ether oxygens (including phenoxy) is 2. The minimum atomic E-state index is 0. The zero-order valence-corrected chi connectivity index (χ0v) is 19.8. The highest BCUT2D eigenvalue weighted by Crippen LogP contribution is 2.18. The lowest BCUT2D eigenvalue weighted by Crippen LogP contribution is -2.39. The van der Waals surface area contributed by atoms with Gasteiger partial charge in [-0.15, -0.1) is 24.0 Å². The molecule has 0 unspecified atom stereocenters. The summed E-state index contributed by atoms with van der Waals surface area (Å²) in [6.07, 6.45) is 5.48. The van der Waals surface area contributed by atoms with E-state index in [1.54, 1.807) is 7.11 Å². The fraction of sp³-hybridized carbons (Fsp3) is 0.524. The minimum absolute atomic E-state index is 0. The molecule has 7 nitrogen and oxygen atoms in total. The van der Waals surface area contributed by atoms with E-state index in [2.05, 4.69) is 27.4 Å². The summed E-state index contributed by atoms with van der Waals surface area (Å²) < 4.78 is 12.5. The van der Waals surface area contributed by atoms with Crippen LogP contribution in [0.3, 0.4) is 0 Å². The Hall–Kier alpha value is -1.81. The number of guanidine groups is 1. The van der Waals surface area contributed by atoms with Gasteiger partial charge in [-0.05, 0) is 55.5 Å². The van der Waals surface area contributed by atoms with E-state index in [1.165, 1.54) is 19.3 Å². The third kappa shape index (κ3) is 6.88. The second-order valence-electron chi connectivity index (χ2n) is 7.12. The van der Waals surface area contributed by atoms with E-state index in [4.69, 9.17) is 9.47 Å². The van der Waals surface area contributed by atoms with E-state index in [0.29, 0.717) is 6.54 Å². The Morgan fingerprint density at radius 1 is 1.28 bits per heavy atom. The van der Waals surface area contributed by atoms with Gasteiger partial charge < -0.3 is 19.7 Å². The molecule has 1 N–H and O–H groups in total. The Kier molecular flexibility index (Phi) is 9.72. The molecule has 0 aliphatic carbocycles. The maximum absolute atomic E-state index is 5.44. The molecule has 0 bridgehead atoms. The van der Waals surface area contributed by atoms with Crippen LogP contribution >= 0.6 is 24.0 Å². The number of aliphatic imine (C=N–C) groups is 1. The SMILES string of the molecule is CN=C(NCc1ccn(-c2ccc(OC)cc2)n1)N(C)CCC1CCOCC1.I. The third-order valence-electron chi connectivity index (χ3n) is 5.20. The second kappa shape index (κ2) is 12.0. The van der Waals surface area contributed by atoms with E-state index in [0.717, 1.165) is 48.8 Å². The van der Waals surface area contributed by atoms with Crippen LogP contribution in [0.2, 0.25) is 0 Å². The molecule has 1 aliphatic rings. The minimum Gasteiger partial charge on any atom is -0.497 e. The lowest BCUT2D eigenvalue weighted by atomic mass is 9.96. The van der Waals surface area contributed by atoms with Crippen molar-refractivity contribution in [2.75, 3.05) is 41.0 Å². The number of halogens is 1. The summed E-state index contributed by atoms with van der Waals surface area (Å²) in [5.74, 6) is 2.49. The fourth-order valence-corrected chi connectivity index (χ4v) is 3.41. The lowest BCUT2D eigenvalue weighted by molar-refractivity contribution is 0.0625. The molecule has 0 saturated carbocycles. The van der Waals surface area contributed by atoms with Gasteiger partial charge in [-0.25, -0.2) is 4.68 Å². The predicted molar refractivity (Wildman–Crippen MR) is 127 cm³/mol. The molecule has 2 aromatic rings. The van der Waals surface area contributed by atoms with Crippen LogP contribution in [0.1, 0.15) is 25.0 Å². The molecule has 160 valence electrons. The van der Waals surface area contributed by atoms with Gasteiger partial charge in [0.25, 0.3) is 0 Å². The highest BCUT2D eigenvalue weighted by molar-refractivity contribution is 14.0. The Balaban J connectivity index is 0.00000300. The van der Waals surface area contributed by atoms with Gasteiger partial charge in [0, 0.05) is 40.1 Å². The molecule has 0 spiro atoms. The van der Waals surface area contributed by atoms with Crippen LogP contribution in [0.15, 0.2) is 41.5 Å². The van der Waals surface area contributed by atoms with Crippen LogP contribution in [-0.2, 0) is 11.3 Å². The normalized spacial score (nSPS) is 14.9. The average Bonchev–Trinajstić information content (AvgIpc) is 3.22. The van der Waals surface area contributed by atoms with Crippen molar-refractivity contribution in [1.82, 2.24) is 20.0 Å². The van der Waals surface area contributed by atoms with Crippen molar-refractivity contribution in [3.8, 4) is 11.4 Å². The quantitative estimate of drug-likeness (QED) is 0.350. The first-order valence-corrected chi connectivity index (χ1v) is 9.88. The van der Waals surface area contributed by atoms with Crippen LogP contribution in [-0.4, -0.2) is 61.6 Å². The summed E-state index contributed by atoms with van der Waals surface area (Å²) in [6, 6.07) is 9.87. The summed E-state index contributed by atoms with van der Waals surface area (Å²) in [5.41, 5.74) is 1.97. The number of nitrogens with one attached hydrogen (secondary N) is 1. The van der Waals surface area contributed by atoms with Crippen molar-refractivity contribution < 1.29 is 9.47 Å². The molecule has 0 amide bonds. The highest BCUT2D eigenvalue weighted by Gasteiger charge is 2.15. The molecule has 2 heterocycles. The zero-order valence-electron chi connectivity index (χ0n) is 17.5. The van der Waals surface area contributed by atoms with E-state index < -0.39 is 0 Å². The van der Waals surface area contributed by atoms with Crippen LogP contribution in [0.25, 0.3) is 5.69 Å². The van der Waals surface area contributed by atoms with Gasteiger partial charge >= 0.3 is 0 Å². The smallest absolute Gasteiger partial charge is 0.193 e. The summed E-state index contributed by atoms with van der Waals surface area (Å²) in [7, 11) is 5.58. The molecule has 1 aromatic carbocycles. The van der Waals surface area contributed by atoms with Crippen LogP contribution in [0.4, 0.5) is 0 Å². The van der Waals surface area contributed by atoms with Crippen molar-refractivity contribution in [3.63, 3.8) is 0 Å². The summed E-state index contributed by atoms with van der Waals surface area (Å²) >= 11 is 0. The Morgan fingerprint density at radius 2 is 2.00 bits per heavy atom. The van der Waals surface area contributed by atoms with Crippen molar-refractivity contribution in [2.24, 2.45) is 10.9 Å². The van der Waals surface area contributed by atoms with Gasteiger partial charge in [0.1, 0.15) is 5.75 Å². The van der Waals surface area contributed by atoms with Crippen LogP contribution < -0.4 is 10.1 Å². The highest BCUT2D eigenvalue weighted by atomic mass is 127. The molecular weight excluding hydrogens is 481 g/mol. The number of benzene rings is 1. The summed E-state index contributed by atoms with van der Waals surface area (Å²) in [4.78, 5) is 6.60. The number of methoxy groups -OCH3 is 1. The Labute approximate surface area is 190 Å². The van der Waals surface area contributed by atoms with Gasteiger partial charge in [0.15, 0.2) is 5.96 Å². The molecule has 0 atom stereocenters. The van der Waals surface area contributed by atoms with Crippen molar-refractivity contribution in [1.29, 1.82) is 0 Å². The van der Waals surface area contributed by atoms with Gasteiger partial charge in [0.2, 0.25) is 0 Å². The molecule has 1 aromatic heterocycles. The van der Waals surface area contributed by atoms with E-state index in [-0.39, 0.29) is 24.0 Å². The predicted octanol–water partition coefficient (Wildman–Crippen LogP) is 3.32. The molecule has 1 saturated heterocycles. The maximum atomic E-state index is 5.44. The maximum Gasteiger partial charge on any atom is 0.193 e. The van der Waals surface area contributed by atoms with Crippen LogP contribution in [0.5, 0.6) is 5.75 Å².